The summed E-state index contributed by atoms with van der Waals surface area (Å²) in [5.41, 5.74) is 1.71. The van der Waals surface area contributed by atoms with Gasteiger partial charge in [-0.2, -0.15) is 0 Å². The second-order valence-electron chi connectivity index (χ2n) is 6.90. The molecular weight excluding hydrogens is 374 g/mol. The number of carbonyl (C=O) groups is 3. The Kier molecular flexibility index (Phi) is 5.23. The molecule has 2 aromatic heterocycles. The molecule has 4 rings (SSSR count). The maximum atomic E-state index is 12.1. The standard InChI is InChI=1S/C19H21N7O3/c27-17(20-7-3-8-25-9-6-13-4-1-2-5-16(13)25)12-26-11-14(23-24-26)10-15-18(28)22-19(29)21-15/h1-2,4-6,9,11,15H,3,7-8,10,12H2,(H,20,27)(H2,21,22,28,29)/t15-/m0/s1. The largest absolute Gasteiger partial charge is 0.354 e. The Labute approximate surface area is 166 Å². The average molecular weight is 395 g/mol. The molecule has 1 fully saturated rings. The third-order valence-corrected chi connectivity index (χ3v) is 4.74. The van der Waals surface area contributed by atoms with Crippen molar-refractivity contribution >= 4 is 28.7 Å². The van der Waals surface area contributed by atoms with E-state index in [2.05, 4.69) is 55.2 Å². The Hall–Kier alpha value is -3.69. The zero-order chi connectivity index (χ0) is 20.2. The lowest BCUT2D eigenvalue weighted by Crippen LogP contribution is -2.31. The first-order valence-electron chi connectivity index (χ1n) is 9.39. The first kappa shape index (κ1) is 18.7. The Morgan fingerprint density at radius 2 is 2.07 bits per heavy atom. The van der Waals surface area contributed by atoms with Crippen molar-refractivity contribution in [1.82, 2.24) is 35.5 Å². The fourth-order valence-corrected chi connectivity index (χ4v) is 3.34. The summed E-state index contributed by atoms with van der Waals surface area (Å²) in [5.74, 6) is -0.552. The number of hydrogen-bond donors (Lipinski definition) is 3. The summed E-state index contributed by atoms with van der Waals surface area (Å²) >= 11 is 0. The summed E-state index contributed by atoms with van der Waals surface area (Å²) in [7, 11) is 0. The summed E-state index contributed by atoms with van der Waals surface area (Å²) in [6.45, 7) is 1.42. The van der Waals surface area contributed by atoms with Crippen LogP contribution in [0.5, 0.6) is 0 Å². The highest BCUT2D eigenvalue weighted by Gasteiger charge is 2.30. The highest BCUT2D eigenvalue weighted by Crippen LogP contribution is 2.15. The van der Waals surface area contributed by atoms with Crippen molar-refractivity contribution in [1.29, 1.82) is 0 Å². The van der Waals surface area contributed by atoms with Crippen LogP contribution in [0.2, 0.25) is 0 Å². The van der Waals surface area contributed by atoms with E-state index in [1.807, 2.05) is 12.1 Å². The van der Waals surface area contributed by atoms with E-state index in [-0.39, 0.29) is 18.9 Å². The van der Waals surface area contributed by atoms with Gasteiger partial charge in [-0.15, -0.1) is 5.10 Å². The van der Waals surface area contributed by atoms with Gasteiger partial charge in [0.1, 0.15) is 12.6 Å². The van der Waals surface area contributed by atoms with Crippen molar-refractivity contribution in [2.24, 2.45) is 0 Å². The topological polar surface area (TPSA) is 123 Å². The van der Waals surface area contributed by atoms with Crippen LogP contribution in [-0.2, 0) is 29.1 Å². The highest BCUT2D eigenvalue weighted by atomic mass is 16.2. The number of imide groups is 1. The third kappa shape index (κ3) is 4.42. The van der Waals surface area contributed by atoms with Gasteiger partial charge >= 0.3 is 6.03 Å². The van der Waals surface area contributed by atoms with Crippen molar-refractivity contribution < 1.29 is 14.4 Å². The van der Waals surface area contributed by atoms with Crippen molar-refractivity contribution in [2.45, 2.75) is 32.0 Å². The average Bonchev–Trinajstić information content (AvgIpc) is 3.39. The molecule has 1 saturated heterocycles. The highest BCUT2D eigenvalue weighted by molar-refractivity contribution is 6.04. The molecule has 0 spiro atoms. The van der Waals surface area contributed by atoms with E-state index in [1.54, 1.807) is 6.20 Å². The van der Waals surface area contributed by atoms with E-state index >= 15 is 0 Å². The van der Waals surface area contributed by atoms with E-state index in [9.17, 15) is 14.4 Å². The van der Waals surface area contributed by atoms with Crippen LogP contribution in [0.25, 0.3) is 10.9 Å². The molecule has 150 valence electrons. The molecule has 0 radical (unpaired) electrons. The Morgan fingerprint density at radius 3 is 2.90 bits per heavy atom. The number of hydrogen-bond acceptors (Lipinski definition) is 5. The van der Waals surface area contributed by atoms with Gasteiger partial charge in [-0.25, -0.2) is 9.48 Å². The van der Waals surface area contributed by atoms with Crippen LogP contribution >= 0.6 is 0 Å². The molecular formula is C19H21N7O3. The van der Waals surface area contributed by atoms with Crippen LogP contribution in [0, 0.1) is 0 Å². The molecule has 29 heavy (non-hydrogen) atoms. The number of aromatic nitrogens is 4. The van der Waals surface area contributed by atoms with Crippen LogP contribution in [0.15, 0.2) is 42.7 Å². The van der Waals surface area contributed by atoms with E-state index in [4.69, 9.17) is 0 Å². The molecule has 3 N–H and O–H groups in total. The third-order valence-electron chi connectivity index (χ3n) is 4.74. The molecule has 3 heterocycles. The molecule has 1 aliphatic rings. The summed E-state index contributed by atoms with van der Waals surface area (Å²) in [5, 5.41) is 16.6. The summed E-state index contributed by atoms with van der Waals surface area (Å²) < 4.78 is 3.59. The molecule has 10 heteroatoms. The fraction of sp³-hybridized carbons (Fsp3) is 0.316. The Morgan fingerprint density at radius 1 is 1.21 bits per heavy atom. The lowest BCUT2D eigenvalue weighted by atomic mass is 10.2. The van der Waals surface area contributed by atoms with Gasteiger partial charge < -0.3 is 15.2 Å². The van der Waals surface area contributed by atoms with E-state index in [0.29, 0.717) is 12.2 Å². The van der Waals surface area contributed by atoms with Gasteiger partial charge in [-0.3, -0.25) is 14.9 Å². The van der Waals surface area contributed by atoms with Gasteiger partial charge in [-0.1, -0.05) is 23.4 Å². The van der Waals surface area contributed by atoms with Crippen molar-refractivity contribution in [3.63, 3.8) is 0 Å². The van der Waals surface area contributed by atoms with Crippen LogP contribution in [-0.4, -0.2) is 50.0 Å². The predicted octanol–water partition coefficient (Wildman–Crippen LogP) is 0.190. The number of urea groups is 1. The number of para-hydroxylation sites is 1. The smallest absolute Gasteiger partial charge is 0.322 e. The lowest BCUT2D eigenvalue weighted by Gasteiger charge is -2.07. The molecule has 0 saturated carbocycles. The minimum atomic E-state index is -0.661. The quantitative estimate of drug-likeness (QED) is 0.371. The Bertz CT molecular complexity index is 1050. The van der Waals surface area contributed by atoms with Gasteiger partial charge in [0, 0.05) is 37.4 Å². The van der Waals surface area contributed by atoms with Crippen LogP contribution in [0.3, 0.4) is 0 Å². The minimum Gasteiger partial charge on any atom is -0.354 e. The number of fused-ring (bicyclic) bond motifs is 1. The maximum Gasteiger partial charge on any atom is 0.322 e. The number of nitrogens with one attached hydrogen (secondary N) is 3. The van der Waals surface area contributed by atoms with Crippen LogP contribution in [0.4, 0.5) is 4.79 Å². The number of aryl methyl sites for hydroxylation is 1. The molecule has 3 aromatic rings. The lowest BCUT2D eigenvalue weighted by molar-refractivity contribution is -0.122. The summed E-state index contributed by atoms with van der Waals surface area (Å²) in [4.78, 5) is 34.8. The zero-order valence-corrected chi connectivity index (χ0v) is 15.7. The first-order valence-corrected chi connectivity index (χ1v) is 9.39. The molecule has 4 amide bonds. The van der Waals surface area contributed by atoms with Crippen LogP contribution in [0.1, 0.15) is 12.1 Å². The molecule has 0 aliphatic carbocycles. The van der Waals surface area contributed by atoms with Gasteiger partial charge in [0.25, 0.3) is 5.91 Å². The van der Waals surface area contributed by atoms with E-state index < -0.39 is 18.0 Å². The normalized spacial score (nSPS) is 16.1. The van der Waals surface area contributed by atoms with Gasteiger partial charge in [0.2, 0.25) is 5.91 Å². The Balaban J connectivity index is 1.20. The van der Waals surface area contributed by atoms with Crippen molar-refractivity contribution in [3.8, 4) is 0 Å². The van der Waals surface area contributed by atoms with Crippen molar-refractivity contribution in [3.05, 3.63) is 48.4 Å². The fourth-order valence-electron chi connectivity index (χ4n) is 3.34. The second-order valence-corrected chi connectivity index (χ2v) is 6.90. The predicted molar refractivity (Wildman–Crippen MR) is 104 cm³/mol. The summed E-state index contributed by atoms with van der Waals surface area (Å²) in [6, 6.07) is 9.09. The minimum absolute atomic E-state index is 0.0443. The molecule has 1 aromatic carbocycles. The number of nitrogens with zero attached hydrogens (tertiary/aromatic N) is 4. The maximum absolute atomic E-state index is 12.1. The SMILES string of the molecule is O=C(Cn1cc(C[C@@H]2NC(=O)NC2=O)nn1)NCCCn1ccc2ccccc21. The van der Waals surface area contributed by atoms with Crippen molar-refractivity contribution in [2.75, 3.05) is 6.54 Å². The number of carbonyl (C=O) groups excluding carboxylic acids is 3. The second kappa shape index (κ2) is 8.13. The molecule has 1 atom stereocenters. The first-order chi connectivity index (χ1) is 14.1. The van der Waals surface area contributed by atoms with E-state index in [1.165, 1.54) is 15.6 Å². The van der Waals surface area contributed by atoms with Gasteiger partial charge in [0.05, 0.1) is 5.69 Å². The molecule has 10 nitrogen and oxygen atoms in total. The van der Waals surface area contributed by atoms with Gasteiger partial charge in [0.15, 0.2) is 0 Å². The number of amides is 4. The van der Waals surface area contributed by atoms with E-state index in [0.717, 1.165) is 13.0 Å². The summed E-state index contributed by atoms with van der Waals surface area (Å²) in [6.07, 6.45) is 4.69. The molecule has 0 unspecified atom stereocenters. The molecule has 0 bridgehead atoms. The zero-order valence-electron chi connectivity index (χ0n) is 15.7. The monoisotopic (exact) mass is 395 g/mol. The van der Waals surface area contributed by atoms with Gasteiger partial charge in [-0.05, 0) is 23.9 Å². The number of benzene rings is 1. The van der Waals surface area contributed by atoms with Crippen LogP contribution < -0.4 is 16.0 Å². The molecule has 1 aliphatic heterocycles. The number of rotatable bonds is 8.